The Bertz CT molecular complexity index is 1150. The molecule has 1 amide bonds. The van der Waals surface area contributed by atoms with Gasteiger partial charge in [0.15, 0.2) is 6.61 Å². The van der Waals surface area contributed by atoms with E-state index >= 15 is 0 Å². The van der Waals surface area contributed by atoms with Gasteiger partial charge in [-0.2, -0.15) is 13.2 Å². The van der Waals surface area contributed by atoms with E-state index in [-0.39, 0.29) is 35.3 Å². The second kappa shape index (κ2) is 6.95. The van der Waals surface area contributed by atoms with Crippen molar-refractivity contribution >= 4 is 22.6 Å². The van der Waals surface area contributed by atoms with Crippen molar-refractivity contribution in [1.29, 1.82) is 0 Å². The second-order valence-corrected chi connectivity index (χ2v) is 6.87. The third-order valence-electron chi connectivity index (χ3n) is 4.86. The average Bonchev–Trinajstić information content (AvgIpc) is 3.00. The van der Waals surface area contributed by atoms with Crippen molar-refractivity contribution in [2.24, 2.45) is 0 Å². The van der Waals surface area contributed by atoms with Gasteiger partial charge in [0.1, 0.15) is 11.3 Å². The first kappa shape index (κ1) is 19.0. The quantitative estimate of drug-likeness (QED) is 0.616. The Hall–Kier alpha value is -3.29. The number of nitrogens with zero attached hydrogens (tertiary/aromatic N) is 1. The topological polar surface area (TPSA) is 59.8 Å². The number of fused-ring (bicyclic) bond motifs is 2. The molecule has 3 aromatic rings. The number of carbonyl (C=O) groups is 1. The van der Waals surface area contributed by atoms with Crippen LogP contribution in [-0.4, -0.2) is 18.6 Å². The molecule has 2 heterocycles. The summed E-state index contributed by atoms with van der Waals surface area (Å²) in [6.07, 6.45) is -3.95. The van der Waals surface area contributed by atoms with E-state index in [0.717, 1.165) is 23.7 Å². The molecule has 0 N–H and O–H groups in total. The maximum Gasteiger partial charge on any atom is 0.417 e. The van der Waals surface area contributed by atoms with Crippen LogP contribution in [0.25, 0.3) is 11.0 Å². The molecule has 1 aromatic heterocycles. The van der Waals surface area contributed by atoms with Crippen LogP contribution in [0.1, 0.15) is 18.1 Å². The summed E-state index contributed by atoms with van der Waals surface area (Å²) in [6.45, 7) is 1.63. The molecule has 8 heteroatoms. The van der Waals surface area contributed by atoms with Crippen LogP contribution in [0.5, 0.6) is 5.75 Å². The molecule has 150 valence electrons. The Balaban J connectivity index is 1.56. The molecule has 0 bridgehead atoms. The molecule has 2 aromatic carbocycles. The Morgan fingerprint density at radius 2 is 1.97 bits per heavy atom. The molecule has 4 rings (SSSR count). The third kappa shape index (κ3) is 3.57. The van der Waals surface area contributed by atoms with Crippen molar-refractivity contribution < 1.29 is 27.1 Å². The van der Waals surface area contributed by atoms with E-state index in [1.165, 1.54) is 12.1 Å². The number of halogens is 3. The summed E-state index contributed by atoms with van der Waals surface area (Å²) < 4.78 is 49.7. The molecule has 1 aliphatic rings. The largest absolute Gasteiger partial charge is 0.484 e. The highest BCUT2D eigenvalue weighted by molar-refractivity contribution is 5.97. The van der Waals surface area contributed by atoms with E-state index < -0.39 is 17.4 Å². The molecule has 1 aliphatic heterocycles. The van der Waals surface area contributed by atoms with Gasteiger partial charge in [-0.15, -0.1) is 0 Å². The van der Waals surface area contributed by atoms with E-state index in [4.69, 9.17) is 9.15 Å². The molecule has 5 nitrogen and oxygen atoms in total. The lowest BCUT2D eigenvalue weighted by Gasteiger charge is -2.22. The minimum atomic E-state index is -4.69. The van der Waals surface area contributed by atoms with Crippen molar-refractivity contribution in [1.82, 2.24) is 0 Å². The van der Waals surface area contributed by atoms with E-state index in [0.29, 0.717) is 6.07 Å². The molecule has 0 radical (unpaired) electrons. The lowest BCUT2D eigenvalue weighted by Crippen LogP contribution is -2.39. The summed E-state index contributed by atoms with van der Waals surface area (Å²) in [5.41, 5.74) is -0.544. The minimum absolute atomic E-state index is 0.0209. The SMILES string of the molecule is CC1Cc2ccccc2N1C(=O)COc1ccc2c(C(F)(F)F)cc(=O)oc2c1. The van der Waals surface area contributed by atoms with E-state index in [1.807, 2.05) is 31.2 Å². The van der Waals surface area contributed by atoms with Gasteiger partial charge < -0.3 is 14.1 Å². The molecule has 29 heavy (non-hydrogen) atoms. The number of rotatable bonds is 3. The molecule has 1 unspecified atom stereocenters. The van der Waals surface area contributed by atoms with Gasteiger partial charge in [-0.25, -0.2) is 4.79 Å². The Morgan fingerprint density at radius 1 is 1.21 bits per heavy atom. The van der Waals surface area contributed by atoms with Crippen molar-refractivity contribution in [3.05, 3.63) is 70.1 Å². The fourth-order valence-corrected chi connectivity index (χ4v) is 3.63. The fraction of sp³-hybridized carbons (Fsp3) is 0.238. The molecular formula is C21H16F3NO4. The predicted molar refractivity (Wildman–Crippen MR) is 100 cm³/mol. The number of ether oxygens (including phenoxy) is 1. The average molecular weight is 403 g/mol. The highest BCUT2D eigenvalue weighted by atomic mass is 19.4. The minimum Gasteiger partial charge on any atom is -0.484 e. The standard InChI is InChI=1S/C21H16F3NO4/c1-12-8-13-4-2-3-5-17(13)25(12)19(26)11-28-14-6-7-15-16(21(22,23)24)10-20(27)29-18(15)9-14/h2-7,9-10,12H,8,11H2,1H3. The third-order valence-corrected chi connectivity index (χ3v) is 4.86. The van der Waals surface area contributed by atoms with Gasteiger partial charge in [0.25, 0.3) is 5.91 Å². The highest BCUT2D eigenvalue weighted by Crippen LogP contribution is 2.35. The van der Waals surface area contributed by atoms with E-state index in [1.54, 1.807) is 4.90 Å². The summed E-state index contributed by atoms with van der Waals surface area (Å²) in [4.78, 5) is 25.8. The smallest absolute Gasteiger partial charge is 0.417 e. The van der Waals surface area contributed by atoms with Crippen LogP contribution in [0, 0.1) is 0 Å². The number of amides is 1. The molecular weight excluding hydrogens is 387 g/mol. The Morgan fingerprint density at radius 3 is 2.72 bits per heavy atom. The van der Waals surface area contributed by atoms with E-state index in [9.17, 15) is 22.8 Å². The number of hydrogen-bond acceptors (Lipinski definition) is 4. The Labute approximate surface area is 163 Å². The fourth-order valence-electron chi connectivity index (χ4n) is 3.63. The molecule has 0 fully saturated rings. The molecule has 0 saturated carbocycles. The lowest BCUT2D eigenvalue weighted by molar-refractivity contribution is -0.136. The summed E-state index contributed by atoms with van der Waals surface area (Å²) in [6, 6.07) is 11.6. The van der Waals surface area contributed by atoms with Crippen molar-refractivity contribution in [2.45, 2.75) is 25.6 Å². The first-order valence-electron chi connectivity index (χ1n) is 8.92. The maximum atomic E-state index is 13.1. The first-order chi connectivity index (χ1) is 13.7. The van der Waals surface area contributed by atoms with Crippen LogP contribution >= 0.6 is 0 Å². The van der Waals surface area contributed by atoms with E-state index in [2.05, 4.69) is 0 Å². The molecule has 1 atom stereocenters. The molecule has 0 aliphatic carbocycles. The summed E-state index contributed by atoms with van der Waals surface area (Å²) in [5, 5.41) is -0.252. The lowest BCUT2D eigenvalue weighted by atomic mass is 10.1. The van der Waals surface area contributed by atoms with Gasteiger partial charge in [-0.1, -0.05) is 18.2 Å². The maximum absolute atomic E-state index is 13.1. The number of benzene rings is 2. The number of hydrogen-bond donors (Lipinski definition) is 0. The van der Waals surface area contributed by atoms with Gasteiger partial charge in [0.2, 0.25) is 0 Å². The van der Waals surface area contributed by atoms with Gasteiger partial charge in [0, 0.05) is 29.2 Å². The Kier molecular flexibility index (Phi) is 4.56. The summed E-state index contributed by atoms with van der Waals surface area (Å²) in [7, 11) is 0. The number of para-hydroxylation sites is 1. The van der Waals surface area contributed by atoms with Crippen LogP contribution < -0.4 is 15.3 Å². The predicted octanol–water partition coefficient (Wildman–Crippen LogP) is 4.17. The van der Waals surface area contributed by atoms with Crippen LogP contribution in [0.15, 0.2) is 57.7 Å². The van der Waals surface area contributed by atoms with Crippen LogP contribution in [-0.2, 0) is 17.4 Å². The van der Waals surface area contributed by atoms with Crippen molar-refractivity contribution in [3.63, 3.8) is 0 Å². The zero-order valence-electron chi connectivity index (χ0n) is 15.3. The molecule has 0 saturated heterocycles. The monoisotopic (exact) mass is 403 g/mol. The van der Waals surface area contributed by atoms with Gasteiger partial charge in [-0.05, 0) is 37.1 Å². The summed E-state index contributed by atoms with van der Waals surface area (Å²) in [5.74, 6) is -0.137. The van der Waals surface area contributed by atoms with Gasteiger partial charge in [0.05, 0.1) is 5.56 Å². The summed E-state index contributed by atoms with van der Waals surface area (Å²) >= 11 is 0. The van der Waals surface area contributed by atoms with Crippen molar-refractivity contribution in [3.8, 4) is 5.75 Å². The zero-order chi connectivity index (χ0) is 20.8. The van der Waals surface area contributed by atoms with Crippen LogP contribution in [0.3, 0.4) is 0 Å². The first-order valence-corrected chi connectivity index (χ1v) is 8.92. The number of alkyl halides is 3. The van der Waals surface area contributed by atoms with Gasteiger partial charge >= 0.3 is 11.8 Å². The van der Waals surface area contributed by atoms with Crippen LogP contribution in [0.2, 0.25) is 0 Å². The van der Waals surface area contributed by atoms with Crippen molar-refractivity contribution in [2.75, 3.05) is 11.5 Å². The van der Waals surface area contributed by atoms with Gasteiger partial charge in [-0.3, -0.25) is 4.79 Å². The second-order valence-electron chi connectivity index (χ2n) is 6.87. The number of carbonyl (C=O) groups excluding carboxylic acids is 1. The molecule has 0 spiro atoms. The zero-order valence-corrected chi connectivity index (χ0v) is 15.3. The van der Waals surface area contributed by atoms with Crippen LogP contribution in [0.4, 0.5) is 18.9 Å². The normalized spacial score (nSPS) is 16.1. The number of anilines is 1. The highest BCUT2D eigenvalue weighted by Gasteiger charge is 2.34.